The summed E-state index contributed by atoms with van der Waals surface area (Å²) in [6.45, 7) is 3.05. The number of aromatic nitrogens is 3. The maximum absolute atomic E-state index is 13.8. The second-order valence-electron chi connectivity index (χ2n) is 5.43. The van der Waals surface area contributed by atoms with Crippen LogP contribution >= 0.6 is 0 Å². The highest BCUT2D eigenvalue weighted by atomic mass is 19.1. The van der Waals surface area contributed by atoms with Gasteiger partial charge in [0, 0.05) is 20.0 Å². The van der Waals surface area contributed by atoms with Crippen molar-refractivity contribution in [3.8, 4) is 0 Å². The first kappa shape index (κ1) is 13.7. The minimum atomic E-state index is -0.496. The summed E-state index contributed by atoms with van der Waals surface area (Å²) in [4.78, 5) is 13.9. The van der Waals surface area contributed by atoms with Gasteiger partial charge >= 0.3 is 0 Å². The van der Waals surface area contributed by atoms with E-state index in [4.69, 9.17) is 0 Å². The molecule has 0 N–H and O–H groups in total. The molecule has 21 heavy (non-hydrogen) atoms. The molecule has 1 aliphatic heterocycles. The van der Waals surface area contributed by atoms with Gasteiger partial charge in [-0.15, -0.1) is 10.2 Å². The highest BCUT2D eigenvalue weighted by Gasteiger charge is 2.21. The van der Waals surface area contributed by atoms with E-state index in [0.717, 1.165) is 36.6 Å². The van der Waals surface area contributed by atoms with Crippen molar-refractivity contribution < 1.29 is 9.18 Å². The summed E-state index contributed by atoms with van der Waals surface area (Å²) < 4.78 is 15.8. The number of halogens is 1. The normalized spacial score (nSPS) is 13.3. The summed E-state index contributed by atoms with van der Waals surface area (Å²) in [5.74, 6) is 0.884. The zero-order valence-electron chi connectivity index (χ0n) is 12.1. The van der Waals surface area contributed by atoms with Gasteiger partial charge in [-0.1, -0.05) is 11.6 Å². The van der Waals surface area contributed by atoms with Crippen LogP contribution in [0.1, 0.15) is 34.0 Å². The number of aryl methyl sites for hydroxylation is 2. The number of fused-ring (bicyclic) bond motifs is 1. The smallest absolute Gasteiger partial charge is 0.256 e. The van der Waals surface area contributed by atoms with Crippen LogP contribution in [0.25, 0.3) is 0 Å². The molecular formula is C15H17FN4O. The Kier molecular flexibility index (Phi) is 3.45. The number of hydrogen-bond acceptors (Lipinski definition) is 3. The Morgan fingerprint density at radius 2 is 2.24 bits per heavy atom. The molecule has 0 radical (unpaired) electrons. The summed E-state index contributed by atoms with van der Waals surface area (Å²) in [5, 5.41) is 8.23. The molecule has 3 rings (SSSR count). The number of benzene rings is 1. The molecule has 0 saturated heterocycles. The van der Waals surface area contributed by atoms with Crippen molar-refractivity contribution >= 4 is 5.91 Å². The van der Waals surface area contributed by atoms with E-state index in [-0.39, 0.29) is 11.5 Å². The van der Waals surface area contributed by atoms with Crippen molar-refractivity contribution in [3.63, 3.8) is 0 Å². The highest BCUT2D eigenvalue weighted by Crippen LogP contribution is 2.17. The molecule has 5 nitrogen and oxygen atoms in total. The first-order chi connectivity index (χ1) is 10.1. The van der Waals surface area contributed by atoms with Crippen LogP contribution in [0, 0.1) is 12.7 Å². The fraction of sp³-hybridized carbons (Fsp3) is 0.400. The quantitative estimate of drug-likeness (QED) is 0.867. The van der Waals surface area contributed by atoms with Crippen LogP contribution in [0.4, 0.5) is 4.39 Å². The molecule has 0 saturated carbocycles. The second kappa shape index (κ2) is 5.27. The monoisotopic (exact) mass is 288 g/mol. The first-order valence-electron chi connectivity index (χ1n) is 6.99. The Morgan fingerprint density at radius 3 is 3.05 bits per heavy atom. The van der Waals surface area contributed by atoms with Crippen molar-refractivity contribution in [2.24, 2.45) is 0 Å². The van der Waals surface area contributed by atoms with Gasteiger partial charge in [-0.05, 0) is 25.5 Å². The number of carbonyl (C=O) groups is 1. The van der Waals surface area contributed by atoms with Gasteiger partial charge in [-0.2, -0.15) is 0 Å². The van der Waals surface area contributed by atoms with Crippen LogP contribution in [0.15, 0.2) is 18.2 Å². The maximum Gasteiger partial charge on any atom is 0.256 e. The minimum absolute atomic E-state index is 0.0960. The summed E-state index contributed by atoms with van der Waals surface area (Å²) in [6, 6.07) is 4.55. The van der Waals surface area contributed by atoms with Gasteiger partial charge in [0.15, 0.2) is 5.82 Å². The lowest BCUT2D eigenvalue weighted by atomic mass is 10.1. The zero-order chi connectivity index (χ0) is 15.0. The molecule has 1 aliphatic rings. The fourth-order valence-corrected chi connectivity index (χ4v) is 2.62. The number of hydrogen-bond donors (Lipinski definition) is 0. The average Bonchev–Trinajstić information content (AvgIpc) is 3.05. The minimum Gasteiger partial charge on any atom is -0.334 e. The summed E-state index contributed by atoms with van der Waals surface area (Å²) in [7, 11) is 1.65. The van der Waals surface area contributed by atoms with Crippen molar-refractivity contribution in [2.45, 2.75) is 32.9 Å². The molecule has 2 heterocycles. The Morgan fingerprint density at radius 1 is 1.43 bits per heavy atom. The van der Waals surface area contributed by atoms with E-state index >= 15 is 0 Å². The lowest BCUT2D eigenvalue weighted by Crippen LogP contribution is -2.28. The van der Waals surface area contributed by atoms with Crippen LogP contribution < -0.4 is 0 Å². The van der Waals surface area contributed by atoms with E-state index in [1.807, 2.05) is 11.5 Å². The number of rotatable bonds is 3. The van der Waals surface area contributed by atoms with Crippen LogP contribution in [0.2, 0.25) is 0 Å². The van der Waals surface area contributed by atoms with Crippen molar-refractivity contribution in [3.05, 3.63) is 46.8 Å². The lowest BCUT2D eigenvalue weighted by Gasteiger charge is -2.17. The molecular weight excluding hydrogens is 271 g/mol. The molecule has 0 bridgehead atoms. The standard InChI is InChI=1S/C15H17FN4O/c1-10-5-6-12(16)11(8-10)15(21)19(2)9-14-18-17-13-4-3-7-20(13)14/h5-6,8H,3-4,7,9H2,1-2H3. The summed E-state index contributed by atoms with van der Waals surface area (Å²) in [5.41, 5.74) is 0.954. The molecule has 1 aromatic carbocycles. The van der Waals surface area contributed by atoms with E-state index in [9.17, 15) is 9.18 Å². The molecule has 6 heteroatoms. The number of carbonyl (C=O) groups excluding carboxylic acids is 1. The molecule has 0 aliphatic carbocycles. The van der Waals surface area contributed by atoms with Crippen LogP contribution in [0.5, 0.6) is 0 Å². The van der Waals surface area contributed by atoms with Gasteiger partial charge in [0.1, 0.15) is 11.6 Å². The molecule has 0 atom stereocenters. The topological polar surface area (TPSA) is 51.0 Å². The maximum atomic E-state index is 13.8. The fourth-order valence-electron chi connectivity index (χ4n) is 2.62. The van der Waals surface area contributed by atoms with Crippen molar-refractivity contribution in [1.82, 2.24) is 19.7 Å². The molecule has 110 valence electrons. The average molecular weight is 288 g/mol. The van der Waals surface area contributed by atoms with E-state index < -0.39 is 5.82 Å². The largest absolute Gasteiger partial charge is 0.334 e. The molecule has 0 fully saturated rings. The second-order valence-corrected chi connectivity index (χ2v) is 5.43. The van der Waals surface area contributed by atoms with E-state index in [1.165, 1.54) is 11.0 Å². The summed E-state index contributed by atoms with van der Waals surface area (Å²) >= 11 is 0. The summed E-state index contributed by atoms with van der Waals surface area (Å²) in [6.07, 6.45) is 1.99. The third-order valence-corrected chi connectivity index (χ3v) is 3.76. The van der Waals surface area contributed by atoms with Gasteiger partial charge < -0.3 is 9.47 Å². The Balaban J connectivity index is 1.80. The Labute approximate surface area is 122 Å². The van der Waals surface area contributed by atoms with Crippen LogP contribution in [-0.4, -0.2) is 32.6 Å². The molecule has 0 spiro atoms. The van der Waals surface area contributed by atoms with Gasteiger partial charge in [-0.25, -0.2) is 4.39 Å². The van der Waals surface area contributed by atoms with Crippen LogP contribution in [0.3, 0.4) is 0 Å². The van der Waals surface area contributed by atoms with Gasteiger partial charge in [0.05, 0.1) is 12.1 Å². The highest BCUT2D eigenvalue weighted by molar-refractivity contribution is 5.94. The molecule has 1 aromatic heterocycles. The first-order valence-corrected chi connectivity index (χ1v) is 6.99. The van der Waals surface area contributed by atoms with Crippen molar-refractivity contribution in [2.75, 3.05) is 7.05 Å². The lowest BCUT2D eigenvalue weighted by molar-refractivity contribution is 0.0775. The Bertz CT molecular complexity index is 695. The SMILES string of the molecule is Cc1ccc(F)c(C(=O)N(C)Cc2nnc3n2CCC3)c1. The van der Waals surface area contributed by atoms with Crippen molar-refractivity contribution in [1.29, 1.82) is 0 Å². The number of nitrogens with zero attached hydrogens (tertiary/aromatic N) is 4. The van der Waals surface area contributed by atoms with Gasteiger partial charge in [-0.3, -0.25) is 4.79 Å². The van der Waals surface area contributed by atoms with Crippen LogP contribution in [-0.2, 0) is 19.5 Å². The predicted octanol–water partition coefficient (Wildman–Crippen LogP) is 1.94. The van der Waals surface area contributed by atoms with E-state index in [0.29, 0.717) is 6.54 Å². The predicted molar refractivity (Wildman–Crippen MR) is 75.3 cm³/mol. The number of amides is 1. The zero-order valence-corrected chi connectivity index (χ0v) is 12.1. The van der Waals surface area contributed by atoms with E-state index in [2.05, 4.69) is 10.2 Å². The Hall–Kier alpha value is -2.24. The third-order valence-electron chi connectivity index (χ3n) is 3.76. The molecule has 1 amide bonds. The molecule has 0 unspecified atom stereocenters. The third kappa shape index (κ3) is 2.53. The van der Waals surface area contributed by atoms with E-state index in [1.54, 1.807) is 19.2 Å². The van der Waals surface area contributed by atoms with Gasteiger partial charge in [0.25, 0.3) is 5.91 Å². The van der Waals surface area contributed by atoms with Gasteiger partial charge in [0.2, 0.25) is 0 Å². The molecule has 2 aromatic rings.